The summed E-state index contributed by atoms with van der Waals surface area (Å²) < 4.78 is 11.3. The Bertz CT molecular complexity index is 590. The molecule has 0 aliphatic carbocycles. The molecule has 2 rings (SSSR count). The van der Waals surface area contributed by atoms with Crippen LogP contribution in [0.4, 0.5) is 0 Å². The first-order chi connectivity index (χ1) is 11.2. The Kier molecular flexibility index (Phi) is 5.80. The van der Waals surface area contributed by atoms with Crippen LogP contribution in [-0.2, 0) is 9.59 Å². The number of fused-ring (bicyclic) bond motifs is 1. The molecule has 1 aromatic rings. The van der Waals surface area contributed by atoms with Crippen molar-refractivity contribution in [3.8, 4) is 11.5 Å². The smallest absolute Gasteiger partial charge is 0.312 e. The van der Waals surface area contributed by atoms with Gasteiger partial charge in [-0.05, 0) is 12.1 Å². The number of benzene rings is 1. The molecule has 1 aromatic carbocycles. The molecule has 1 atom stereocenters. The molecule has 23 heavy (non-hydrogen) atoms. The Morgan fingerprint density at radius 3 is 2.52 bits per heavy atom. The summed E-state index contributed by atoms with van der Waals surface area (Å²) in [5, 5.41) is 2.58. The van der Waals surface area contributed by atoms with Crippen LogP contribution < -0.4 is 14.8 Å². The average molecular weight is 316 g/mol. The van der Waals surface area contributed by atoms with Crippen molar-refractivity contribution < 1.29 is 19.1 Å². The first-order valence-electron chi connectivity index (χ1n) is 7.33. The fraction of sp³-hybridized carbons (Fsp3) is 0.294. The number of nitrogens with one attached hydrogen (secondary N) is 1. The molecule has 1 aliphatic rings. The van der Waals surface area contributed by atoms with Gasteiger partial charge in [0.15, 0.2) is 11.5 Å². The van der Waals surface area contributed by atoms with Crippen LogP contribution in [0, 0.1) is 0 Å². The zero-order valence-corrected chi connectivity index (χ0v) is 12.9. The maximum atomic E-state index is 12.0. The van der Waals surface area contributed by atoms with Crippen molar-refractivity contribution in [3.63, 3.8) is 0 Å². The highest BCUT2D eigenvalue weighted by Gasteiger charge is 2.24. The van der Waals surface area contributed by atoms with Crippen LogP contribution in [0.25, 0.3) is 0 Å². The Balaban J connectivity index is 1.86. The summed E-state index contributed by atoms with van der Waals surface area (Å²) in [6, 6.07) is 7.31. The minimum absolute atomic E-state index is 0.189. The molecule has 0 spiro atoms. The number of rotatable bonds is 6. The lowest BCUT2D eigenvalue weighted by Crippen LogP contribution is -2.47. The topological polar surface area (TPSA) is 67.9 Å². The molecular formula is C17H20N2O4. The molecule has 0 radical (unpaired) electrons. The SMILES string of the molecule is C=CCN(CC=C)C(=O)C(=O)NCC1COc2ccccc2O1. The highest BCUT2D eigenvalue weighted by atomic mass is 16.6. The van der Waals surface area contributed by atoms with Crippen molar-refractivity contribution in [1.29, 1.82) is 0 Å². The molecule has 6 nitrogen and oxygen atoms in total. The van der Waals surface area contributed by atoms with Crippen LogP contribution in [0.1, 0.15) is 0 Å². The quantitative estimate of drug-likeness (QED) is 0.631. The summed E-state index contributed by atoms with van der Waals surface area (Å²) in [5.74, 6) is -0.00310. The first kappa shape index (κ1) is 16.6. The largest absolute Gasteiger partial charge is 0.486 e. The molecule has 0 saturated carbocycles. The molecule has 1 aliphatic heterocycles. The standard InChI is InChI=1S/C17H20N2O4/c1-3-9-19(10-4-2)17(21)16(20)18-11-13-12-22-14-7-5-6-8-15(14)23-13/h3-8,13H,1-2,9-12H2,(H,18,20). The molecule has 0 aromatic heterocycles. The molecule has 6 heteroatoms. The number of carbonyl (C=O) groups is 2. The zero-order chi connectivity index (χ0) is 16.7. The van der Waals surface area contributed by atoms with E-state index in [0.29, 0.717) is 18.1 Å². The van der Waals surface area contributed by atoms with E-state index in [1.807, 2.05) is 18.2 Å². The van der Waals surface area contributed by atoms with E-state index in [0.717, 1.165) is 0 Å². The van der Waals surface area contributed by atoms with Crippen molar-refractivity contribution in [2.45, 2.75) is 6.10 Å². The van der Waals surface area contributed by atoms with Gasteiger partial charge >= 0.3 is 11.8 Å². The Morgan fingerprint density at radius 2 is 1.87 bits per heavy atom. The number of ether oxygens (including phenoxy) is 2. The van der Waals surface area contributed by atoms with Crippen LogP contribution in [0.3, 0.4) is 0 Å². The Hall–Kier alpha value is -2.76. The second kappa shape index (κ2) is 8.03. The van der Waals surface area contributed by atoms with Gasteiger partial charge in [-0.25, -0.2) is 0 Å². The van der Waals surface area contributed by atoms with E-state index in [2.05, 4.69) is 18.5 Å². The summed E-state index contributed by atoms with van der Waals surface area (Å²) in [5.41, 5.74) is 0. The number of para-hydroxylation sites is 2. The molecule has 2 amide bonds. The maximum Gasteiger partial charge on any atom is 0.312 e. The molecule has 0 fully saturated rings. The van der Waals surface area contributed by atoms with E-state index in [1.54, 1.807) is 18.2 Å². The normalized spacial score (nSPS) is 15.4. The van der Waals surface area contributed by atoms with E-state index >= 15 is 0 Å². The van der Waals surface area contributed by atoms with E-state index < -0.39 is 11.8 Å². The van der Waals surface area contributed by atoms with Gasteiger partial charge in [-0.3, -0.25) is 9.59 Å². The monoisotopic (exact) mass is 316 g/mol. The number of amides is 2. The maximum absolute atomic E-state index is 12.0. The molecule has 122 valence electrons. The van der Waals surface area contributed by atoms with E-state index in [4.69, 9.17) is 9.47 Å². The van der Waals surface area contributed by atoms with E-state index in [-0.39, 0.29) is 25.7 Å². The van der Waals surface area contributed by atoms with Gasteiger partial charge in [0.2, 0.25) is 0 Å². The van der Waals surface area contributed by atoms with Gasteiger partial charge in [-0.15, -0.1) is 13.2 Å². The highest BCUT2D eigenvalue weighted by Crippen LogP contribution is 2.30. The third-order valence-corrected chi connectivity index (χ3v) is 3.24. The van der Waals surface area contributed by atoms with E-state index in [1.165, 1.54) is 4.90 Å². The summed E-state index contributed by atoms with van der Waals surface area (Å²) >= 11 is 0. The summed E-state index contributed by atoms with van der Waals surface area (Å²) in [4.78, 5) is 25.3. The molecule has 0 saturated heterocycles. The Morgan fingerprint density at radius 1 is 1.22 bits per heavy atom. The second-order valence-electron chi connectivity index (χ2n) is 5.00. The van der Waals surface area contributed by atoms with Gasteiger partial charge in [-0.2, -0.15) is 0 Å². The first-order valence-corrected chi connectivity index (χ1v) is 7.33. The number of nitrogens with zero attached hydrogens (tertiary/aromatic N) is 1. The number of carbonyl (C=O) groups excluding carboxylic acids is 2. The van der Waals surface area contributed by atoms with Crippen molar-refractivity contribution in [2.24, 2.45) is 0 Å². The van der Waals surface area contributed by atoms with Gasteiger partial charge in [0, 0.05) is 13.1 Å². The average Bonchev–Trinajstić information content (AvgIpc) is 2.58. The van der Waals surface area contributed by atoms with Crippen LogP contribution in [0.15, 0.2) is 49.6 Å². The Labute approximate surface area is 135 Å². The second-order valence-corrected chi connectivity index (χ2v) is 5.00. The van der Waals surface area contributed by atoms with Crippen molar-refractivity contribution >= 4 is 11.8 Å². The van der Waals surface area contributed by atoms with Crippen LogP contribution in [0.5, 0.6) is 11.5 Å². The molecule has 1 N–H and O–H groups in total. The lowest BCUT2D eigenvalue weighted by molar-refractivity contribution is -0.145. The van der Waals surface area contributed by atoms with Crippen molar-refractivity contribution in [2.75, 3.05) is 26.2 Å². The molecular weight excluding hydrogens is 296 g/mol. The summed E-state index contributed by atoms with van der Waals surface area (Å²) in [7, 11) is 0. The molecule has 0 bridgehead atoms. The molecule has 1 heterocycles. The predicted molar refractivity (Wildman–Crippen MR) is 86.3 cm³/mol. The van der Waals surface area contributed by atoms with Crippen molar-refractivity contribution in [3.05, 3.63) is 49.6 Å². The van der Waals surface area contributed by atoms with Gasteiger partial charge in [-0.1, -0.05) is 24.3 Å². The predicted octanol–water partition coefficient (Wildman–Crippen LogP) is 1.14. The third-order valence-electron chi connectivity index (χ3n) is 3.24. The van der Waals surface area contributed by atoms with Gasteiger partial charge in [0.05, 0.1) is 6.54 Å². The van der Waals surface area contributed by atoms with Crippen LogP contribution >= 0.6 is 0 Å². The van der Waals surface area contributed by atoms with Crippen molar-refractivity contribution in [1.82, 2.24) is 10.2 Å². The lowest BCUT2D eigenvalue weighted by Gasteiger charge is -2.26. The fourth-order valence-corrected chi connectivity index (χ4v) is 2.14. The van der Waals surface area contributed by atoms with E-state index in [9.17, 15) is 9.59 Å². The minimum atomic E-state index is -0.684. The van der Waals surface area contributed by atoms with Gasteiger partial charge in [0.25, 0.3) is 0 Å². The lowest BCUT2D eigenvalue weighted by atomic mass is 10.2. The third kappa shape index (κ3) is 4.35. The van der Waals surface area contributed by atoms with Crippen LogP contribution in [0.2, 0.25) is 0 Å². The zero-order valence-electron chi connectivity index (χ0n) is 12.9. The van der Waals surface area contributed by atoms with Crippen LogP contribution in [-0.4, -0.2) is 49.1 Å². The number of hydrogen-bond donors (Lipinski definition) is 1. The summed E-state index contributed by atoms with van der Waals surface area (Å²) in [6.07, 6.45) is 2.78. The highest BCUT2D eigenvalue weighted by molar-refractivity contribution is 6.35. The van der Waals surface area contributed by atoms with Gasteiger partial charge < -0.3 is 19.7 Å². The molecule has 1 unspecified atom stereocenters. The number of hydrogen-bond acceptors (Lipinski definition) is 4. The minimum Gasteiger partial charge on any atom is -0.486 e. The fourth-order valence-electron chi connectivity index (χ4n) is 2.14. The summed E-state index contributed by atoms with van der Waals surface area (Å²) in [6.45, 7) is 8.21. The van der Waals surface area contributed by atoms with Gasteiger partial charge in [0.1, 0.15) is 12.7 Å².